The molecule has 2 heterocycles. The second kappa shape index (κ2) is 6.53. The number of allylic oxidation sites excluding steroid dienone is 1. The standard InChI is InChI=1S/C19H17N3OS/c23-19-17-15-10-4-5-11-16(15)24-18(17)20-13-22(19)21-12-6-9-14-7-2-1-3-8-14/h1-3,6-9,12-13H,4-5,10-11H2/b9-6+,21-12+. The van der Waals surface area contributed by atoms with Gasteiger partial charge in [-0.2, -0.15) is 9.78 Å². The molecule has 3 aromatic rings. The Morgan fingerprint density at radius 3 is 2.88 bits per heavy atom. The molecule has 4 rings (SSSR count). The van der Waals surface area contributed by atoms with E-state index in [1.807, 2.05) is 42.5 Å². The Hall–Kier alpha value is -2.53. The molecule has 0 saturated carbocycles. The lowest BCUT2D eigenvalue weighted by Gasteiger charge is -2.09. The van der Waals surface area contributed by atoms with Crippen LogP contribution in [0.1, 0.15) is 28.8 Å². The number of hydrogen-bond donors (Lipinski definition) is 0. The normalized spacial score (nSPS) is 14.7. The molecule has 2 aromatic heterocycles. The zero-order valence-electron chi connectivity index (χ0n) is 13.2. The predicted octanol–water partition coefficient (Wildman–Crippen LogP) is 3.88. The maximum absolute atomic E-state index is 12.7. The van der Waals surface area contributed by atoms with Gasteiger partial charge >= 0.3 is 0 Å². The van der Waals surface area contributed by atoms with E-state index in [0.717, 1.165) is 35.0 Å². The number of hydrogen-bond acceptors (Lipinski definition) is 4. The van der Waals surface area contributed by atoms with Gasteiger partial charge in [-0.05, 0) is 42.9 Å². The van der Waals surface area contributed by atoms with Crippen molar-refractivity contribution in [3.63, 3.8) is 0 Å². The Bertz CT molecular complexity index is 983. The third kappa shape index (κ3) is 2.83. The molecule has 0 saturated heterocycles. The van der Waals surface area contributed by atoms with Crippen molar-refractivity contribution in [2.45, 2.75) is 25.7 Å². The molecule has 24 heavy (non-hydrogen) atoms. The highest BCUT2D eigenvalue weighted by Gasteiger charge is 2.19. The van der Waals surface area contributed by atoms with Crippen LogP contribution in [0.4, 0.5) is 0 Å². The van der Waals surface area contributed by atoms with Crippen molar-refractivity contribution < 1.29 is 0 Å². The Morgan fingerprint density at radius 2 is 2.00 bits per heavy atom. The summed E-state index contributed by atoms with van der Waals surface area (Å²) >= 11 is 1.66. The number of aromatic nitrogens is 2. The van der Waals surface area contributed by atoms with Crippen LogP contribution in [0, 0.1) is 0 Å². The molecule has 0 amide bonds. The largest absolute Gasteiger partial charge is 0.282 e. The number of rotatable bonds is 3. The molecule has 0 radical (unpaired) electrons. The van der Waals surface area contributed by atoms with Crippen molar-refractivity contribution in [2.24, 2.45) is 5.10 Å². The summed E-state index contributed by atoms with van der Waals surface area (Å²) < 4.78 is 1.33. The predicted molar refractivity (Wildman–Crippen MR) is 99.9 cm³/mol. The minimum absolute atomic E-state index is 0.0660. The monoisotopic (exact) mass is 335 g/mol. The molecule has 0 unspecified atom stereocenters. The van der Waals surface area contributed by atoms with Crippen LogP contribution in [0.3, 0.4) is 0 Å². The van der Waals surface area contributed by atoms with E-state index < -0.39 is 0 Å². The van der Waals surface area contributed by atoms with Crippen molar-refractivity contribution in [2.75, 3.05) is 0 Å². The Labute approximate surface area is 143 Å². The zero-order chi connectivity index (χ0) is 16.4. The smallest absolute Gasteiger partial charge is 0.267 e. The first-order valence-electron chi connectivity index (χ1n) is 8.11. The molecule has 1 aliphatic carbocycles. The summed E-state index contributed by atoms with van der Waals surface area (Å²) in [6, 6.07) is 9.98. The van der Waals surface area contributed by atoms with Gasteiger partial charge in [-0.1, -0.05) is 36.4 Å². The van der Waals surface area contributed by atoms with E-state index in [2.05, 4.69) is 10.1 Å². The second-order valence-corrected chi connectivity index (χ2v) is 6.90. The minimum atomic E-state index is -0.0660. The Balaban J connectivity index is 1.65. The molecule has 0 atom stereocenters. The fraction of sp³-hybridized carbons (Fsp3) is 0.211. The van der Waals surface area contributed by atoms with Crippen LogP contribution in [0.2, 0.25) is 0 Å². The van der Waals surface area contributed by atoms with Crippen LogP contribution in [-0.2, 0) is 12.8 Å². The summed E-state index contributed by atoms with van der Waals surface area (Å²) in [6.45, 7) is 0. The lowest BCUT2D eigenvalue weighted by molar-refractivity contribution is 0.699. The highest BCUT2D eigenvalue weighted by Crippen LogP contribution is 2.33. The first kappa shape index (κ1) is 15.0. The highest BCUT2D eigenvalue weighted by atomic mass is 32.1. The maximum Gasteiger partial charge on any atom is 0.282 e. The van der Waals surface area contributed by atoms with E-state index in [-0.39, 0.29) is 5.56 Å². The summed E-state index contributed by atoms with van der Waals surface area (Å²) in [4.78, 5) is 19.3. The molecular weight excluding hydrogens is 318 g/mol. The van der Waals surface area contributed by atoms with E-state index in [1.165, 1.54) is 27.9 Å². The van der Waals surface area contributed by atoms with E-state index in [1.54, 1.807) is 17.6 Å². The first-order valence-corrected chi connectivity index (χ1v) is 8.92. The van der Waals surface area contributed by atoms with Crippen molar-refractivity contribution >= 4 is 33.8 Å². The quantitative estimate of drug-likeness (QED) is 0.682. The van der Waals surface area contributed by atoms with Gasteiger partial charge in [0.15, 0.2) is 0 Å². The van der Waals surface area contributed by atoms with Gasteiger partial charge in [0.05, 0.1) is 5.39 Å². The fourth-order valence-corrected chi connectivity index (χ4v) is 4.27. The van der Waals surface area contributed by atoms with Crippen molar-refractivity contribution in [3.05, 3.63) is 69.1 Å². The summed E-state index contributed by atoms with van der Waals surface area (Å²) in [7, 11) is 0. The molecular formula is C19H17N3OS. The summed E-state index contributed by atoms with van der Waals surface area (Å²) in [6.07, 6.45) is 11.3. The number of thiophene rings is 1. The van der Waals surface area contributed by atoms with Gasteiger partial charge < -0.3 is 0 Å². The molecule has 0 aliphatic heterocycles. The minimum Gasteiger partial charge on any atom is -0.267 e. The van der Waals surface area contributed by atoms with Gasteiger partial charge in [0.2, 0.25) is 0 Å². The number of benzene rings is 1. The van der Waals surface area contributed by atoms with Gasteiger partial charge in [0.25, 0.3) is 5.56 Å². The molecule has 4 nitrogen and oxygen atoms in total. The average Bonchev–Trinajstić information content (AvgIpc) is 3.00. The van der Waals surface area contributed by atoms with Gasteiger partial charge in [0.1, 0.15) is 11.2 Å². The summed E-state index contributed by atoms with van der Waals surface area (Å²) in [5.41, 5.74) is 2.23. The van der Waals surface area contributed by atoms with Gasteiger partial charge in [-0.3, -0.25) is 4.79 Å². The number of fused-ring (bicyclic) bond motifs is 3. The van der Waals surface area contributed by atoms with E-state index in [4.69, 9.17) is 0 Å². The van der Waals surface area contributed by atoms with Crippen LogP contribution in [0.25, 0.3) is 16.3 Å². The Kier molecular flexibility index (Phi) is 4.09. The van der Waals surface area contributed by atoms with E-state index in [0.29, 0.717) is 0 Å². The highest BCUT2D eigenvalue weighted by molar-refractivity contribution is 7.18. The van der Waals surface area contributed by atoms with Crippen molar-refractivity contribution in [1.29, 1.82) is 0 Å². The van der Waals surface area contributed by atoms with E-state index in [9.17, 15) is 4.79 Å². The molecule has 120 valence electrons. The number of aryl methyl sites for hydroxylation is 2. The molecule has 0 spiro atoms. The van der Waals surface area contributed by atoms with Gasteiger partial charge in [0, 0.05) is 11.1 Å². The average molecular weight is 335 g/mol. The molecule has 0 bridgehead atoms. The SMILES string of the molecule is O=c1c2c3c(sc2ncn1/N=C/C=C/c1ccccc1)CCCC3. The molecule has 1 aliphatic rings. The van der Waals surface area contributed by atoms with Crippen molar-refractivity contribution in [1.82, 2.24) is 9.66 Å². The van der Waals surface area contributed by atoms with E-state index >= 15 is 0 Å². The zero-order valence-corrected chi connectivity index (χ0v) is 14.0. The van der Waals surface area contributed by atoms with Crippen molar-refractivity contribution in [3.8, 4) is 0 Å². The number of nitrogens with zero attached hydrogens (tertiary/aromatic N) is 3. The second-order valence-electron chi connectivity index (χ2n) is 5.82. The third-order valence-electron chi connectivity index (χ3n) is 4.22. The topological polar surface area (TPSA) is 47.2 Å². The molecule has 1 aromatic carbocycles. The first-order chi connectivity index (χ1) is 11.8. The van der Waals surface area contributed by atoms with Gasteiger partial charge in [-0.15, -0.1) is 11.3 Å². The van der Waals surface area contributed by atoms with Crippen LogP contribution < -0.4 is 5.56 Å². The van der Waals surface area contributed by atoms with Gasteiger partial charge in [-0.25, -0.2) is 4.98 Å². The lowest BCUT2D eigenvalue weighted by atomic mass is 9.97. The van der Waals surface area contributed by atoms with Crippen LogP contribution in [-0.4, -0.2) is 15.9 Å². The molecule has 5 heteroatoms. The summed E-state index contributed by atoms with van der Waals surface area (Å²) in [5, 5.41) is 5.00. The third-order valence-corrected chi connectivity index (χ3v) is 5.42. The molecule has 0 fully saturated rings. The fourth-order valence-electron chi connectivity index (χ4n) is 3.05. The summed E-state index contributed by atoms with van der Waals surface area (Å²) in [5.74, 6) is 0. The van der Waals surface area contributed by atoms with Crippen LogP contribution in [0.5, 0.6) is 0 Å². The molecule has 0 N–H and O–H groups in total. The maximum atomic E-state index is 12.7. The van der Waals surface area contributed by atoms with Crippen LogP contribution in [0.15, 0.2) is 52.6 Å². The lowest BCUT2D eigenvalue weighted by Crippen LogP contribution is -2.17. The van der Waals surface area contributed by atoms with Crippen LogP contribution >= 0.6 is 11.3 Å². The Morgan fingerprint density at radius 1 is 1.17 bits per heavy atom.